The Morgan fingerprint density at radius 1 is 1.39 bits per heavy atom. The second-order valence-corrected chi connectivity index (χ2v) is 4.03. The molecule has 1 aromatic carbocycles. The van der Waals surface area contributed by atoms with Crippen LogP contribution in [-0.2, 0) is 9.59 Å². The van der Waals surface area contributed by atoms with Gasteiger partial charge in [-0.3, -0.25) is 25.4 Å². The predicted molar refractivity (Wildman–Crippen MR) is 68.0 cm³/mol. The van der Waals surface area contributed by atoms with E-state index in [9.17, 15) is 9.59 Å². The first-order chi connectivity index (χ1) is 8.56. The molecule has 0 spiro atoms. The summed E-state index contributed by atoms with van der Waals surface area (Å²) < 4.78 is 0. The summed E-state index contributed by atoms with van der Waals surface area (Å²) in [6, 6.07) is 6.81. The molecule has 0 fully saturated rings. The Kier molecular flexibility index (Phi) is 3.27. The third kappa shape index (κ3) is 2.65. The van der Waals surface area contributed by atoms with Gasteiger partial charge < -0.3 is 5.32 Å². The van der Waals surface area contributed by atoms with Gasteiger partial charge in [0.2, 0.25) is 5.91 Å². The smallest absolute Gasteiger partial charge is 0.262 e. The highest BCUT2D eigenvalue weighted by atomic mass is 16.2. The molecule has 1 aliphatic heterocycles. The molecule has 1 aromatic rings. The van der Waals surface area contributed by atoms with E-state index in [-0.39, 0.29) is 11.8 Å². The van der Waals surface area contributed by atoms with Gasteiger partial charge in [-0.25, -0.2) is 0 Å². The molecule has 0 saturated heterocycles. The summed E-state index contributed by atoms with van der Waals surface area (Å²) in [7, 11) is 0. The van der Waals surface area contributed by atoms with E-state index in [1.165, 1.54) is 6.92 Å². The van der Waals surface area contributed by atoms with Gasteiger partial charge in [0.15, 0.2) is 0 Å². The van der Waals surface area contributed by atoms with E-state index < -0.39 is 6.04 Å². The van der Waals surface area contributed by atoms with Crippen LogP contribution in [0.3, 0.4) is 0 Å². The van der Waals surface area contributed by atoms with Gasteiger partial charge in [-0.1, -0.05) is 12.1 Å². The number of hydrogen-bond donors (Lipinski definition) is 3. The van der Waals surface area contributed by atoms with Crippen LogP contribution in [0.2, 0.25) is 0 Å². The van der Waals surface area contributed by atoms with E-state index in [0.717, 1.165) is 5.56 Å². The molecular formula is C12H14N4O2. The SMILES string of the molecule is CC(=O)Nc1cccc(C2=NC(C)C(=O)NN2)c1. The Hall–Kier alpha value is -2.37. The van der Waals surface area contributed by atoms with Crippen LogP contribution in [0.4, 0.5) is 5.69 Å². The van der Waals surface area contributed by atoms with Crippen molar-refractivity contribution in [2.45, 2.75) is 19.9 Å². The molecule has 0 bridgehead atoms. The van der Waals surface area contributed by atoms with Gasteiger partial charge in [0.05, 0.1) is 0 Å². The standard InChI is InChI=1S/C12H14N4O2/c1-7-12(18)16-15-11(13-7)9-4-3-5-10(6-9)14-8(2)17/h3-7H,1-2H3,(H,13,15)(H,14,17)(H,16,18). The van der Waals surface area contributed by atoms with E-state index in [4.69, 9.17) is 0 Å². The molecule has 1 heterocycles. The van der Waals surface area contributed by atoms with Crippen molar-refractivity contribution in [1.29, 1.82) is 0 Å². The molecule has 2 amide bonds. The van der Waals surface area contributed by atoms with Crippen molar-refractivity contribution in [3.8, 4) is 0 Å². The fourth-order valence-electron chi connectivity index (χ4n) is 1.60. The molecule has 3 N–H and O–H groups in total. The van der Waals surface area contributed by atoms with E-state index in [0.29, 0.717) is 11.5 Å². The van der Waals surface area contributed by atoms with Crippen LogP contribution in [0.15, 0.2) is 29.3 Å². The highest BCUT2D eigenvalue weighted by Crippen LogP contribution is 2.12. The monoisotopic (exact) mass is 246 g/mol. The van der Waals surface area contributed by atoms with Gasteiger partial charge >= 0.3 is 0 Å². The maximum absolute atomic E-state index is 11.2. The van der Waals surface area contributed by atoms with Crippen molar-refractivity contribution in [2.75, 3.05) is 5.32 Å². The largest absolute Gasteiger partial charge is 0.326 e. The van der Waals surface area contributed by atoms with Crippen molar-refractivity contribution < 1.29 is 9.59 Å². The minimum atomic E-state index is -0.425. The number of nitrogens with zero attached hydrogens (tertiary/aromatic N) is 1. The number of hydrazine groups is 1. The highest BCUT2D eigenvalue weighted by Gasteiger charge is 2.19. The Labute approximate surface area is 104 Å². The molecule has 0 aromatic heterocycles. The Morgan fingerprint density at radius 3 is 2.83 bits per heavy atom. The molecular weight excluding hydrogens is 232 g/mol. The highest BCUT2D eigenvalue weighted by molar-refractivity contribution is 6.04. The van der Waals surface area contributed by atoms with Gasteiger partial charge in [-0.15, -0.1) is 0 Å². The number of rotatable bonds is 2. The molecule has 6 nitrogen and oxygen atoms in total. The molecule has 6 heteroatoms. The zero-order valence-corrected chi connectivity index (χ0v) is 10.2. The minimum Gasteiger partial charge on any atom is -0.326 e. The van der Waals surface area contributed by atoms with Gasteiger partial charge in [-0.2, -0.15) is 0 Å². The lowest BCUT2D eigenvalue weighted by molar-refractivity contribution is -0.122. The topological polar surface area (TPSA) is 82.6 Å². The summed E-state index contributed by atoms with van der Waals surface area (Å²) in [6.45, 7) is 3.17. The molecule has 1 aliphatic rings. The molecule has 1 atom stereocenters. The van der Waals surface area contributed by atoms with Crippen LogP contribution in [-0.4, -0.2) is 23.7 Å². The number of benzene rings is 1. The number of carbonyl (C=O) groups excluding carboxylic acids is 2. The quantitative estimate of drug-likeness (QED) is 0.707. The zero-order chi connectivity index (χ0) is 13.1. The fourth-order valence-corrected chi connectivity index (χ4v) is 1.60. The van der Waals surface area contributed by atoms with E-state index >= 15 is 0 Å². The van der Waals surface area contributed by atoms with Crippen molar-refractivity contribution >= 4 is 23.3 Å². The second kappa shape index (κ2) is 4.87. The van der Waals surface area contributed by atoms with Crippen LogP contribution in [0.1, 0.15) is 19.4 Å². The van der Waals surface area contributed by atoms with Gasteiger partial charge in [0, 0.05) is 18.2 Å². The summed E-state index contributed by atoms with van der Waals surface area (Å²) in [5.41, 5.74) is 6.76. The average molecular weight is 246 g/mol. The fraction of sp³-hybridized carbons (Fsp3) is 0.250. The van der Waals surface area contributed by atoms with E-state index in [1.807, 2.05) is 12.1 Å². The Bertz CT molecular complexity index is 525. The lowest BCUT2D eigenvalue weighted by atomic mass is 10.1. The maximum Gasteiger partial charge on any atom is 0.262 e. The third-order valence-electron chi connectivity index (χ3n) is 2.46. The molecule has 94 valence electrons. The van der Waals surface area contributed by atoms with Gasteiger partial charge in [0.25, 0.3) is 5.91 Å². The Balaban J connectivity index is 2.26. The van der Waals surface area contributed by atoms with Gasteiger partial charge in [-0.05, 0) is 19.1 Å². The number of carbonyl (C=O) groups is 2. The van der Waals surface area contributed by atoms with Crippen molar-refractivity contribution in [1.82, 2.24) is 10.9 Å². The van der Waals surface area contributed by atoms with E-state index in [1.54, 1.807) is 19.1 Å². The molecule has 0 aliphatic carbocycles. The second-order valence-electron chi connectivity index (χ2n) is 4.03. The predicted octanol–water partition coefficient (Wildman–Crippen LogP) is 0.414. The average Bonchev–Trinajstić information content (AvgIpc) is 2.32. The maximum atomic E-state index is 11.2. The number of amidine groups is 1. The number of aliphatic imine (C=N–C) groups is 1. The van der Waals surface area contributed by atoms with Crippen molar-refractivity contribution in [3.63, 3.8) is 0 Å². The molecule has 18 heavy (non-hydrogen) atoms. The number of anilines is 1. The first-order valence-electron chi connectivity index (χ1n) is 5.58. The summed E-state index contributed by atoms with van der Waals surface area (Å²) in [4.78, 5) is 26.5. The van der Waals surface area contributed by atoms with E-state index in [2.05, 4.69) is 21.2 Å². The first-order valence-corrected chi connectivity index (χ1v) is 5.58. The van der Waals surface area contributed by atoms with Crippen LogP contribution >= 0.6 is 0 Å². The summed E-state index contributed by atoms with van der Waals surface area (Å²) in [6.07, 6.45) is 0. The number of amides is 2. The van der Waals surface area contributed by atoms with Crippen LogP contribution in [0.5, 0.6) is 0 Å². The van der Waals surface area contributed by atoms with Crippen molar-refractivity contribution in [2.24, 2.45) is 4.99 Å². The first kappa shape index (κ1) is 12.1. The normalized spacial score (nSPS) is 18.4. The van der Waals surface area contributed by atoms with Crippen LogP contribution in [0.25, 0.3) is 0 Å². The Morgan fingerprint density at radius 2 is 2.17 bits per heavy atom. The summed E-state index contributed by atoms with van der Waals surface area (Å²) >= 11 is 0. The molecule has 0 radical (unpaired) electrons. The third-order valence-corrected chi connectivity index (χ3v) is 2.46. The molecule has 1 unspecified atom stereocenters. The number of hydrogen-bond acceptors (Lipinski definition) is 4. The summed E-state index contributed by atoms with van der Waals surface area (Å²) in [5, 5.41) is 2.70. The molecule has 2 rings (SSSR count). The van der Waals surface area contributed by atoms with Gasteiger partial charge in [0.1, 0.15) is 11.9 Å². The number of nitrogens with one attached hydrogen (secondary N) is 3. The molecule has 0 saturated carbocycles. The zero-order valence-electron chi connectivity index (χ0n) is 10.2. The van der Waals surface area contributed by atoms with Crippen molar-refractivity contribution in [3.05, 3.63) is 29.8 Å². The summed E-state index contributed by atoms with van der Waals surface area (Å²) in [5.74, 6) is 0.276. The lowest BCUT2D eigenvalue weighted by Gasteiger charge is -2.20. The minimum absolute atomic E-state index is 0.132. The lowest BCUT2D eigenvalue weighted by Crippen LogP contribution is -2.50. The van der Waals surface area contributed by atoms with Crippen LogP contribution in [0, 0.1) is 0 Å². The van der Waals surface area contributed by atoms with Crippen LogP contribution < -0.4 is 16.2 Å².